The summed E-state index contributed by atoms with van der Waals surface area (Å²) in [4.78, 5) is 11.7. The van der Waals surface area contributed by atoms with Gasteiger partial charge in [0.05, 0.1) is 6.61 Å². The molecular formula is C10H16ClN3O2. The molecule has 0 fully saturated rings. The number of esters is 1. The minimum absolute atomic E-state index is 0.229. The molecule has 1 atom stereocenters. The van der Waals surface area contributed by atoms with Crippen LogP contribution in [-0.2, 0) is 9.53 Å². The van der Waals surface area contributed by atoms with Gasteiger partial charge in [0.2, 0.25) is 0 Å². The third-order valence-electron chi connectivity index (χ3n) is 2.15. The molecule has 0 aliphatic rings. The normalized spacial score (nSPS) is 12.4. The number of nitrogens with zero attached hydrogens (tertiary/aromatic N) is 2. The Labute approximate surface area is 99.5 Å². The summed E-state index contributed by atoms with van der Waals surface area (Å²) in [5.74, 6) is -0.0735. The van der Waals surface area contributed by atoms with Gasteiger partial charge in [0, 0.05) is 6.20 Å². The molecule has 1 aromatic heterocycles. The second kappa shape index (κ2) is 5.75. The van der Waals surface area contributed by atoms with E-state index in [2.05, 4.69) is 5.10 Å². The highest BCUT2D eigenvalue weighted by atomic mass is 35.5. The van der Waals surface area contributed by atoms with E-state index in [1.807, 2.05) is 6.92 Å². The highest BCUT2D eigenvalue weighted by Gasteiger charge is 2.22. The standard InChI is InChI=1S/C10H16ClN3O2/c1-3-5-8(10(15)16-4-2)14-6-7(11)9(12)13-14/h6,8H,3-5H2,1-2H3,(H2,12,13). The Kier molecular flexibility index (Phi) is 4.61. The minimum atomic E-state index is -0.445. The number of ether oxygens (including phenoxy) is 1. The Balaban J connectivity index is 2.88. The molecule has 0 aliphatic heterocycles. The third-order valence-corrected chi connectivity index (χ3v) is 2.44. The van der Waals surface area contributed by atoms with E-state index in [9.17, 15) is 4.79 Å². The minimum Gasteiger partial charge on any atom is -0.464 e. The summed E-state index contributed by atoms with van der Waals surface area (Å²) in [5, 5.41) is 4.35. The van der Waals surface area contributed by atoms with Crippen LogP contribution in [0.1, 0.15) is 32.7 Å². The molecule has 0 saturated carbocycles. The number of hydrogen-bond acceptors (Lipinski definition) is 4. The number of nitrogen functional groups attached to an aromatic ring is 1. The summed E-state index contributed by atoms with van der Waals surface area (Å²) < 4.78 is 6.45. The van der Waals surface area contributed by atoms with Crippen molar-refractivity contribution in [3.05, 3.63) is 11.2 Å². The van der Waals surface area contributed by atoms with Crippen molar-refractivity contribution >= 4 is 23.4 Å². The van der Waals surface area contributed by atoms with Gasteiger partial charge in [-0.05, 0) is 13.3 Å². The molecule has 0 spiro atoms. The lowest BCUT2D eigenvalue weighted by Gasteiger charge is -2.14. The largest absolute Gasteiger partial charge is 0.464 e. The van der Waals surface area contributed by atoms with Gasteiger partial charge in [0.25, 0.3) is 0 Å². The summed E-state index contributed by atoms with van der Waals surface area (Å²) in [5.41, 5.74) is 5.53. The van der Waals surface area contributed by atoms with Crippen molar-refractivity contribution < 1.29 is 9.53 Å². The monoisotopic (exact) mass is 245 g/mol. The predicted octanol–water partition coefficient (Wildman–Crippen LogP) is 2.02. The fourth-order valence-corrected chi connectivity index (χ4v) is 1.55. The summed E-state index contributed by atoms with van der Waals surface area (Å²) in [7, 11) is 0. The molecule has 90 valence electrons. The molecule has 5 nitrogen and oxygen atoms in total. The molecule has 1 aromatic rings. The number of anilines is 1. The van der Waals surface area contributed by atoms with Gasteiger partial charge in [0.15, 0.2) is 5.82 Å². The van der Waals surface area contributed by atoms with E-state index < -0.39 is 6.04 Å². The molecule has 1 heterocycles. The smallest absolute Gasteiger partial charge is 0.330 e. The van der Waals surface area contributed by atoms with E-state index in [0.29, 0.717) is 18.1 Å². The van der Waals surface area contributed by atoms with E-state index in [1.54, 1.807) is 13.1 Å². The molecule has 0 saturated heterocycles. The van der Waals surface area contributed by atoms with Crippen LogP contribution in [0.4, 0.5) is 5.82 Å². The van der Waals surface area contributed by atoms with Gasteiger partial charge >= 0.3 is 5.97 Å². The van der Waals surface area contributed by atoms with Crippen molar-refractivity contribution in [3.63, 3.8) is 0 Å². The van der Waals surface area contributed by atoms with Gasteiger partial charge in [-0.15, -0.1) is 0 Å². The zero-order chi connectivity index (χ0) is 12.1. The highest BCUT2D eigenvalue weighted by molar-refractivity contribution is 6.32. The summed E-state index contributed by atoms with van der Waals surface area (Å²) in [6.45, 7) is 4.11. The van der Waals surface area contributed by atoms with Crippen molar-refractivity contribution in [2.75, 3.05) is 12.3 Å². The summed E-state index contributed by atoms with van der Waals surface area (Å²) in [6, 6.07) is -0.445. The lowest BCUT2D eigenvalue weighted by atomic mass is 10.2. The molecule has 1 rings (SSSR count). The molecule has 0 bridgehead atoms. The van der Waals surface area contributed by atoms with Crippen LogP contribution in [0.2, 0.25) is 5.02 Å². The topological polar surface area (TPSA) is 70.1 Å². The maximum atomic E-state index is 11.7. The number of rotatable bonds is 5. The van der Waals surface area contributed by atoms with Crippen LogP contribution < -0.4 is 5.73 Å². The molecule has 0 aromatic carbocycles. The van der Waals surface area contributed by atoms with Crippen LogP contribution >= 0.6 is 11.6 Å². The zero-order valence-electron chi connectivity index (χ0n) is 9.44. The SMILES string of the molecule is CCCC(C(=O)OCC)n1cc(Cl)c(N)n1. The first kappa shape index (κ1) is 12.8. The van der Waals surface area contributed by atoms with Crippen LogP contribution in [0.3, 0.4) is 0 Å². The highest BCUT2D eigenvalue weighted by Crippen LogP contribution is 2.22. The fraction of sp³-hybridized carbons (Fsp3) is 0.600. The Morgan fingerprint density at radius 2 is 2.38 bits per heavy atom. The Morgan fingerprint density at radius 3 is 2.81 bits per heavy atom. The zero-order valence-corrected chi connectivity index (χ0v) is 10.2. The van der Waals surface area contributed by atoms with Crippen molar-refractivity contribution in [2.24, 2.45) is 0 Å². The van der Waals surface area contributed by atoms with Crippen LogP contribution in [-0.4, -0.2) is 22.4 Å². The number of aromatic nitrogens is 2. The molecule has 0 radical (unpaired) electrons. The third kappa shape index (κ3) is 2.88. The molecule has 16 heavy (non-hydrogen) atoms. The van der Waals surface area contributed by atoms with Crippen LogP contribution in [0.5, 0.6) is 0 Å². The van der Waals surface area contributed by atoms with E-state index in [4.69, 9.17) is 22.1 Å². The summed E-state index contributed by atoms with van der Waals surface area (Å²) in [6.07, 6.45) is 3.05. The second-order valence-electron chi connectivity index (χ2n) is 3.40. The van der Waals surface area contributed by atoms with Crippen LogP contribution in [0.15, 0.2) is 6.20 Å². The Bertz CT molecular complexity index is 345. The summed E-state index contributed by atoms with van der Waals surface area (Å²) >= 11 is 5.79. The van der Waals surface area contributed by atoms with Crippen molar-refractivity contribution in [1.29, 1.82) is 0 Å². The predicted molar refractivity (Wildman–Crippen MR) is 62.2 cm³/mol. The van der Waals surface area contributed by atoms with Crippen molar-refractivity contribution in [2.45, 2.75) is 32.7 Å². The van der Waals surface area contributed by atoms with E-state index in [1.165, 1.54) is 4.68 Å². The first-order chi connectivity index (χ1) is 7.60. The van der Waals surface area contributed by atoms with Gasteiger partial charge in [-0.1, -0.05) is 24.9 Å². The van der Waals surface area contributed by atoms with Gasteiger partial charge < -0.3 is 10.5 Å². The average Bonchev–Trinajstić information content (AvgIpc) is 2.55. The number of halogens is 1. The molecule has 6 heteroatoms. The number of nitrogens with two attached hydrogens (primary N) is 1. The number of carbonyl (C=O) groups excluding carboxylic acids is 1. The number of carbonyl (C=O) groups is 1. The maximum Gasteiger partial charge on any atom is 0.330 e. The first-order valence-electron chi connectivity index (χ1n) is 5.26. The van der Waals surface area contributed by atoms with Gasteiger partial charge in [-0.3, -0.25) is 4.68 Å². The van der Waals surface area contributed by atoms with E-state index in [-0.39, 0.29) is 11.8 Å². The molecule has 2 N–H and O–H groups in total. The maximum absolute atomic E-state index is 11.7. The van der Waals surface area contributed by atoms with Gasteiger partial charge in [0.1, 0.15) is 11.1 Å². The molecule has 1 unspecified atom stereocenters. The Morgan fingerprint density at radius 1 is 1.69 bits per heavy atom. The lowest BCUT2D eigenvalue weighted by Crippen LogP contribution is -2.22. The quantitative estimate of drug-likeness (QED) is 0.806. The van der Waals surface area contributed by atoms with E-state index >= 15 is 0 Å². The first-order valence-corrected chi connectivity index (χ1v) is 5.64. The van der Waals surface area contributed by atoms with Crippen molar-refractivity contribution in [1.82, 2.24) is 9.78 Å². The van der Waals surface area contributed by atoms with Gasteiger partial charge in [-0.2, -0.15) is 5.10 Å². The van der Waals surface area contributed by atoms with E-state index in [0.717, 1.165) is 6.42 Å². The van der Waals surface area contributed by atoms with Gasteiger partial charge in [-0.25, -0.2) is 4.79 Å². The Hall–Kier alpha value is -1.23. The number of hydrogen-bond donors (Lipinski definition) is 1. The molecular weight excluding hydrogens is 230 g/mol. The molecule has 0 aliphatic carbocycles. The fourth-order valence-electron chi connectivity index (χ4n) is 1.41. The lowest BCUT2D eigenvalue weighted by molar-refractivity contribution is -0.147. The van der Waals surface area contributed by atoms with Crippen LogP contribution in [0, 0.1) is 0 Å². The second-order valence-corrected chi connectivity index (χ2v) is 3.81. The van der Waals surface area contributed by atoms with Crippen molar-refractivity contribution in [3.8, 4) is 0 Å². The molecule has 0 amide bonds. The van der Waals surface area contributed by atoms with Crippen LogP contribution in [0.25, 0.3) is 0 Å². The average molecular weight is 246 g/mol.